The third-order valence-electron chi connectivity index (χ3n) is 5.33. The van der Waals surface area contributed by atoms with Gasteiger partial charge in [-0.1, -0.05) is 36.4 Å². The van der Waals surface area contributed by atoms with E-state index in [1.165, 1.54) is 9.47 Å². The summed E-state index contributed by atoms with van der Waals surface area (Å²) in [5.41, 5.74) is 2.51. The first-order chi connectivity index (χ1) is 14.4. The van der Waals surface area contributed by atoms with Crippen molar-refractivity contribution in [1.29, 1.82) is 0 Å². The first-order valence-corrected chi connectivity index (χ1v) is 9.57. The number of urea groups is 1. The summed E-state index contributed by atoms with van der Waals surface area (Å²) >= 11 is 0. The summed E-state index contributed by atoms with van der Waals surface area (Å²) in [6, 6.07) is 13.9. The van der Waals surface area contributed by atoms with E-state index in [1.54, 1.807) is 32.6 Å². The summed E-state index contributed by atoms with van der Waals surface area (Å²) in [4.78, 5) is 39.3. The van der Waals surface area contributed by atoms with Gasteiger partial charge in [-0.2, -0.15) is 0 Å². The zero-order chi connectivity index (χ0) is 21.4. The summed E-state index contributed by atoms with van der Waals surface area (Å²) in [6.07, 6.45) is 3.23. The van der Waals surface area contributed by atoms with Gasteiger partial charge in [0.05, 0.1) is 17.3 Å². The van der Waals surface area contributed by atoms with Gasteiger partial charge in [-0.15, -0.1) is 0 Å². The number of amides is 3. The Balaban J connectivity index is 1.76. The lowest BCUT2D eigenvalue weighted by Gasteiger charge is -2.30. The molecule has 2 N–H and O–H groups in total. The fraction of sp³-hybridized carbons (Fsp3) is 0.174. The first kappa shape index (κ1) is 19.4. The van der Waals surface area contributed by atoms with Crippen molar-refractivity contribution in [2.75, 3.05) is 12.4 Å². The number of rotatable bonds is 3. The number of aromatic nitrogens is 1. The van der Waals surface area contributed by atoms with E-state index in [-0.39, 0.29) is 17.5 Å². The number of hydrogen-bond acceptors (Lipinski definition) is 3. The molecule has 2 aromatic carbocycles. The van der Waals surface area contributed by atoms with Crippen LogP contribution in [-0.2, 0) is 11.8 Å². The summed E-state index contributed by atoms with van der Waals surface area (Å²) in [5.74, 6) is -0.341. The van der Waals surface area contributed by atoms with Crippen LogP contribution in [0.2, 0.25) is 0 Å². The molecule has 0 aliphatic carbocycles. The minimum atomic E-state index is -0.571. The molecule has 0 fully saturated rings. The largest absolute Gasteiger partial charge is 0.327 e. The van der Waals surface area contributed by atoms with Crippen LogP contribution in [0.4, 0.5) is 10.5 Å². The van der Waals surface area contributed by atoms with Gasteiger partial charge in [0.25, 0.3) is 11.5 Å². The van der Waals surface area contributed by atoms with E-state index in [9.17, 15) is 14.4 Å². The van der Waals surface area contributed by atoms with Crippen LogP contribution >= 0.6 is 0 Å². The lowest BCUT2D eigenvalue weighted by atomic mass is 9.96. The Morgan fingerprint density at radius 3 is 2.47 bits per heavy atom. The number of fused-ring (bicyclic) bond motifs is 1. The molecule has 30 heavy (non-hydrogen) atoms. The Hall–Kier alpha value is -3.87. The van der Waals surface area contributed by atoms with E-state index in [2.05, 4.69) is 10.6 Å². The Labute approximate surface area is 173 Å². The van der Waals surface area contributed by atoms with Crippen molar-refractivity contribution in [1.82, 2.24) is 14.8 Å². The molecule has 0 radical (unpaired) electrons. The number of anilines is 1. The van der Waals surface area contributed by atoms with Crippen molar-refractivity contribution < 1.29 is 9.59 Å². The van der Waals surface area contributed by atoms with Crippen LogP contribution in [0, 0.1) is 6.92 Å². The third-order valence-corrected chi connectivity index (χ3v) is 5.33. The molecule has 2 heterocycles. The van der Waals surface area contributed by atoms with Crippen LogP contribution < -0.4 is 16.2 Å². The second-order valence-corrected chi connectivity index (χ2v) is 7.39. The molecule has 7 heteroatoms. The maximum Gasteiger partial charge on any atom is 0.321 e. The van der Waals surface area contributed by atoms with Crippen LogP contribution in [0.15, 0.2) is 71.3 Å². The summed E-state index contributed by atoms with van der Waals surface area (Å²) in [7, 11) is 3.28. The number of aryl methyl sites for hydroxylation is 2. The predicted octanol–water partition coefficient (Wildman–Crippen LogP) is 3.07. The van der Waals surface area contributed by atoms with Gasteiger partial charge in [0.2, 0.25) is 0 Å². The van der Waals surface area contributed by atoms with Gasteiger partial charge >= 0.3 is 6.03 Å². The molecular weight excluding hydrogens is 380 g/mol. The molecule has 152 valence electrons. The van der Waals surface area contributed by atoms with E-state index >= 15 is 0 Å². The second-order valence-electron chi connectivity index (χ2n) is 7.39. The molecule has 3 amide bonds. The Kier molecular flexibility index (Phi) is 4.87. The van der Waals surface area contributed by atoms with Crippen molar-refractivity contribution >= 4 is 28.4 Å². The Morgan fingerprint density at radius 1 is 1.00 bits per heavy atom. The normalized spacial score (nSPS) is 16.2. The topological polar surface area (TPSA) is 83.4 Å². The van der Waals surface area contributed by atoms with Crippen molar-refractivity contribution in [3.63, 3.8) is 0 Å². The van der Waals surface area contributed by atoms with Crippen LogP contribution in [-0.4, -0.2) is 28.5 Å². The molecule has 7 nitrogen and oxygen atoms in total. The zero-order valence-electron chi connectivity index (χ0n) is 17.0. The van der Waals surface area contributed by atoms with Crippen LogP contribution in [0.3, 0.4) is 0 Å². The number of carbonyl (C=O) groups excluding carboxylic acids is 2. The number of hydrogen-bond donors (Lipinski definition) is 2. The average Bonchev–Trinajstić information content (AvgIpc) is 2.74. The molecule has 4 rings (SSSR count). The van der Waals surface area contributed by atoms with Gasteiger partial charge in [-0.05, 0) is 30.2 Å². The molecule has 0 spiro atoms. The molecule has 1 unspecified atom stereocenters. The van der Waals surface area contributed by atoms with Crippen LogP contribution in [0.5, 0.6) is 0 Å². The molecule has 1 aliphatic rings. The quantitative estimate of drug-likeness (QED) is 0.706. The molecule has 1 aliphatic heterocycles. The molecular formula is C23H22N4O3. The average molecular weight is 402 g/mol. The maximum atomic E-state index is 13.3. The van der Waals surface area contributed by atoms with E-state index < -0.39 is 6.04 Å². The number of benzene rings is 2. The monoisotopic (exact) mass is 402 g/mol. The highest BCUT2D eigenvalue weighted by Crippen LogP contribution is 2.30. The van der Waals surface area contributed by atoms with Crippen molar-refractivity contribution in [2.24, 2.45) is 7.05 Å². The summed E-state index contributed by atoms with van der Waals surface area (Å²) in [6.45, 7) is 1.88. The lowest BCUT2D eigenvalue weighted by molar-refractivity contribution is -0.113. The van der Waals surface area contributed by atoms with Crippen molar-refractivity contribution in [2.45, 2.75) is 13.0 Å². The van der Waals surface area contributed by atoms with Crippen molar-refractivity contribution in [3.8, 4) is 0 Å². The fourth-order valence-corrected chi connectivity index (χ4v) is 3.63. The third kappa shape index (κ3) is 3.34. The minimum absolute atomic E-state index is 0.131. The van der Waals surface area contributed by atoms with Gasteiger partial charge in [0.15, 0.2) is 0 Å². The molecule has 0 bridgehead atoms. The Morgan fingerprint density at radius 2 is 1.73 bits per heavy atom. The highest BCUT2D eigenvalue weighted by molar-refractivity contribution is 6.10. The highest BCUT2D eigenvalue weighted by atomic mass is 16.2. The second kappa shape index (κ2) is 7.51. The Bertz CT molecular complexity index is 1240. The molecule has 0 saturated heterocycles. The summed E-state index contributed by atoms with van der Waals surface area (Å²) < 4.78 is 1.50. The van der Waals surface area contributed by atoms with Gasteiger partial charge in [-0.25, -0.2) is 4.79 Å². The first-order valence-electron chi connectivity index (χ1n) is 9.57. The smallest absolute Gasteiger partial charge is 0.321 e. The maximum absolute atomic E-state index is 13.3. The molecule has 1 atom stereocenters. The van der Waals surface area contributed by atoms with E-state index in [4.69, 9.17) is 0 Å². The zero-order valence-corrected chi connectivity index (χ0v) is 17.0. The molecule has 0 saturated carbocycles. The SMILES string of the molecule is Cc1ccc2c(=O)n(C)ccc2c1NC(=O)C1=CN(C)C(=O)NC1c1ccccc1. The van der Waals surface area contributed by atoms with Crippen molar-refractivity contribution in [3.05, 3.63) is 88.0 Å². The predicted molar refractivity (Wildman–Crippen MR) is 116 cm³/mol. The highest BCUT2D eigenvalue weighted by Gasteiger charge is 2.30. The number of carbonyl (C=O) groups is 2. The van der Waals surface area contributed by atoms with E-state index in [0.717, 1.165) is 11.1 Å². The standard InChI is InChI=1S/C23H22N4O3/c1-14-9-10-17-16(11-12-26(2)22(17)29)19(14)24-21(28)18-13-27(3)23(30)25-20(18)15-7-5-4-6-8-15/h4-13,20H,1-3H3,(H,24,28)(H,25,30). The van der Waals surface area contributed by atoms with Crippen LogP contribution in [0.1, 0.15) is 17.2 Å². The van der Waals surface area contributed by atoms with Gasteiger partial charge in [0.1, 0.15) is 0 Å². The summed E-state index contributed by atoms with van der Waals surface area (Å²) in [5, 5.41) is 7.05. The van der Waals surface area contributed by atoms with Crippen LogP contribution in [0.25, 0.3) is 10.8 Å². The molecule has 1 aromatic heterocycles. The molecule has 3 aromatic rings. The number of nitrogens with one attached hydrogen (secondary N) is 2. The fourth-order valence-electron chi connectivity index (χ4n) is 3.63. The van der Waals surface area contributed by atoms with E-state index in [1.807, 2.05) is 49.4 Å². The van der Waals surface area contributed by atoms with Gasteiger partial charge < -0.3 is 20.1 Å². The number of nitrogens with zero attached hydrogens (tertiary/aromatic N) is 2. The number of pyridine rings is 1. The minimum Gasteiger partial charge on any atom is -0.327 e. The van der Waals surface area contributed by atoms with Gasteiger partial charge in [0, 0.05) is 37.3 Å². The van der Waals surface area contributed by atoms with E-state index in [0.29, 0.717) is 22.0 Å². The van der Waals surface area contributed by atoms with Gasteiger partial charge in [-0.3, -0.25) is 9.59 Å². The lowest BCUT2D eigenvalue weighted by Crippen LogP contribution is -2.44.